The zero-order valence-electron chi connectivity index (χ0n) is 11.6. The van der Waals surface area contributed by atoms with Crippen molar-refractivity contribution in [2.24, 2.45) is 0 Å². The number of aromatic hydroxyl groups is 1. The predicted octanol–water partition coefficient (Wildman–Crippen LogP) is 2.31. The molecule has 0 aliphatic heterocycles. The fourth-order valence-corrected chi connectivity index (χ4v) is 2.29. The Morgan fingerprint density at radius 2 is 1.91 bits per heavy atom. The van der Waals surface area contributed by atoms with E-state index in [-0.39, 0.29) is 11.0 Å². The zero-order chi connectivity index (χ0) is 15.9. The minimum atomic E-state index is -0.919. The first kappa shape index (κ1) is 13.7. The number of rotatable bonds is 2. The van der Waals surface area contributed by atoms with Gasteiger partial charge in [-0.1, -0.05) is 17.7 Å². The Labute approximate surface area is 124 Å². The standard InChI is InChI=1S/C15H11N3O4/c1-9-4-6-10(7-5-9)17-14-11(3-2-8-16-14)13(19)12(15(17)20)18(21)22/h2-8,19H,1H3. The summed E-state index contributed by atoms with van der Waals surface area (Å²) in [7, 11) is 0. The van der Waals surface area contributed by atoms with Crippen LogP contribution in [-0.2, 0) is 0 Å². The lowest BCUT2D eigenvalue weighted by Gasteiger charge is -2.10. The largest absolute Gasteiger partial charge is 0.501 e. The highest BCUT2D eigenvalue weighted by Gasteiger charge is 2.26. The zero-order valence-corrected chi connectivity index (χ0v) is 11.6. The van der Waals surface area contributed by atoms with E-state index >= 15 is 0 Å². The smallest absolute Gasteiger partial charge is 0.376 e. The molecule has 0 amide bonds. The molecule has 0 fully saturated rings. The van der Waals surface area contributed by atoms with Crippen LogP contribution in [0.5, 0.6) is 5.75 Å². The molecule has 1 N–H and O–H groups in total. The van der Waals surface area contributed by atoms with E-state index in [0.29, 0.717) is 5.69 Å². The Hall–Kier alpha value is -3.22. The van der Waals surface area contributed by atoms with E-state index < -0.39 is 21.9 Å². The molecule has 0 aliphatic carbocycles. The highest BCUT2D eigenvalue weighted by Crippen LogP contribution is 2.31. The summed E-state index contributed by atoms with van der Waals surface area (Å²) in [6.45, 7) is 1.89. The van der Waals surface area contributed by atoms with Gasteiger partial charge in [-0.05, 0) is 31.2 Å². The van der Waals surface area contributed by atoms with Crippen molar-refractivity contribution in [2.45, 2.75) is 6.92 Å². The van der Waals surface area contributed by atoms with Crippen molar-refractivity contribution in [3.8, 4) is 11.4 Å². The number of hydrogen-bond acceptors (Lipinski definition) is 5. The fourth-order valence-electron chi connectivity index (χ4n) is 2.29. The summed E-state index contributed by atoms with van der Waals surface area (Å²) >= 11 is 0. The Morgan fingerprint density at radius 1 is 1.23 bits per heavy atom. The molecule has 0 atom stereocenters. The highest BCUT2D eigenvalue weighted by molar-refractivity contribution is 5.87. The number of hydrogen-bond donors (Lipinski definition) is 1. The third-order valence-electron chi connectivity index (χ3n) is 3.36. The average Bonchev–Trinajstić information content (AvgIpc) is 2.49. The summed E-state index contributed by atoms with van der Waals surface area (Å²) in [4.78, 5) is 26.8. The predicted molar refractivity (Wildman–Crippen MR) is 80.4 cm³/mol. The molecule has 3 rings (SSSR count). The Morgan fingerprint density at radius 3 is 2.55 bits per heavy atom. The summed E-state index contributed by atoms with van der Waals surface area (Å²) in [6.07, 6.45) is 1.46. The van der Waals surface area contributed by atoms with Gasteiger partial charge in [-0.25, -0.2) is 4.98 Å². The van der Waals surface area contributed by atoms with Gasteiger partial charge >= 0.3 is 11.2 Å². The fraction of sp³-hybridized carbons (Fsp3) is 0.0667. The van der Waals surface area contributed by atoms with Gasteiger partial charge < -0.3 is 5.11 Å². The second-order valence-corrected chi connectivity index (χ2v) is 4.81. The van der Waals surface area contributed by atoms with Crippen LogP contribution >= 0.6 is 0 Å². The van der Waals surface area contributed by atoms with E-state index in [0.717, 1.165) is 10.1 Å². The van der Waals surface area contributed by atoms with Crippen molar-refractivity contribution in [3.63, 3.8) is 0 Å². The van der Waals surface area contributed by atoms with Crippen molar-refractivity contribution in [1.29, 1.82) is 0 Å². The van der Waals surface area contributed by atoms with Crippen LogP contribution in [-0.4, -0.2) is 19.6 Å². The maximum absolute atomic E-state index is 12.5. The number of nitro groups is 1. The lowest BCUT2D eigenvalue weighted by atomic mass is 10.2. The van der Waals surface area contributed by atoms with Crippen LogP contribution in [0.3, 0.4) is 0 Å². The first-order valence-electron chi connectivity index (χ1n) is 6.45. The van der Waals surface area contributed by atoms with Crippen molar-refractivity contribution in [2.75, 3.05) is 0 Å². The number of aryl methyl sites for hydroxylation is 1. The van der Waals surface area contributed by atoms with E-state index in [1.54, 1.807) is 24.3 Å². The Bertz CT molecular complexity index is 945. The maximum Gasteiger partial charge on any atom is 0.376 e. The molecular weight excluding hydrogens is 286 g/mol. The lowest BCUT2D eigenvalue weighted by molar-refractivity contribution is -0.387. The lowest BCUT2D eigenvalue weighted by Crippen LogP contribution is -2.22. The molecule has 2 heterocycles. The normalized spacial score (nSPS) is 10.8. The van der Waals surface area contributed by atoms with E-state index in [1.807, 2.05) is 6.92 Å². The van der Waals surface area contributed by atoms with E-state index in [1.165, 1.54) is 18.3 Å². The van der Waals surface area contributed by atoms with Gasteiger partial charge in [0.1, 0.15) is 0 Å². The molecular formula is C15H11N3O4. The minimum absolute atomic E-state index is 0.148. The van der Waals surface area contributed by atoms with Gasteiger partial charge in [-0.3, -0.25) is 19.5 Å². The Balaban J connectivity index is 2.50. The number of nitrogens with zero attached hydrogens (tertiary/aromatic N) is 3. The molecule has 22 heavy (non-hydrogen) atoms. The van der Waals surface area contributed by atoms with Gasteiger partial charge in [0.2, 0.25) is 5.75 Å². The van der Waals surface area contributed by atoms with Crippen molar-refractivity contribution in [1.82, 2.24) is 9.55 Å². The molecule has 0 saturated heterocycles. The van der Waals surface area contributed by atoms with Crippen LogP contribution in [0.4, 0.5) is 5.69 Å². The van der Waals surface area contributed by atoms with Crippen LogP contribution in [0.2, 0.25) is 0 Å². The highest BCUT2D eigenvalue weighted by atomic mass is 16.6. The molecule has 2 aromatic heterocycles. The van der Waals surface area contributed by atoms with Gasteiger partial charge in [0, 0.05) is 6.20 Å². The molecule has 0 unspecified atom stereocenters. The summed E-state index contributed by atoms with van der Waals surface area (Å²) in [5.41, 5.74) is -0.178. The molecule has 0 saturated carbocycles. The Kier molecular flexibility index (Phi) is 3.10. The quantitative estimate of drug-likeness (QED) is 0.578. The van der Waals surface area contributed by atoms with Crippen LogP contribution < -0.4 is 5.56 Å². The first-order chi connectivity index (χ1) is 10.5. The summed E-state index contributed by atoms with van der Waals surface area (Å²) in [6, 6.07) is 9.94. The van der Waals surface area contributed by atoms with Gasteiger partial charge in [-0.2, -0.15) is 0 Å². The monoisotopic (exact) mass is 297 g/mol. The molecule has 0 bridgehead atoms. The molecule has 7 heteroatoms. The molecule has 1 aromatic carbocycles. The maximum atomic E-state index is 12.5. The van der Waals surface area contributed by atoms with Crippen LogP contribution in [0.15, 0.2) is 47.4 Å². The van der Waals surface area contributed by atoms with Crippen LogP contribution in [0, 0.1) is 17.0 Å². The van der Waals surface area contributed by atoms with Crippen molar-refractivity contribution >= 4 is 16.7 Å². The van der Waals surface area contributed by atoms with Gasteiger partial charge in [0.05, 0.1) is 16.0 Å². The second-order valence-electron chi connectivity index (χ2n) is 4.81. The molecule has 0 aliphatic rings. The number of fused-ring (bicyclic) bond motifs is 1. The third-order valence-corrected chi connectivity index (χ3v) is 3.36. The summed E-state index contributed by atoms with van der Waals surface area (Å²) in [5.74, 6) is -0.665. The summed E-state index contributed by atoms with van der Waals surface area (Å²) in [5, 5.41) is 21.3. The van der Waals surface area contributed by atoms with Crippen molar-refractivity contribution < 1.29 is 10.0 Å². The molecule has 3 aromatic rings. The number of aromatic nitrogens is 2. The minimum Gasteiger partial charge on any atom is -0.501 e. The van der Waals surface area contributed by atoms with E-state index in [2.05, 4.69) is 4.98 Å². The average molecular weight is 297 g/mol. The van der Waals surface area contributed by atoms with E-state index in [9.17, 15) is 20.0 Å². The van der Waals surface area contributed by atoms with Gasteiger partial charge in [0.15, 0.2) is 5.65 Å². The van der Waals surface area contributed by atoms with E-state index in [4.69, 9.17) is 0 Å². The van der Waals surface area contributed by atoms with Crippen molar-refractivity contribution in [3.05, 3.63) is 68.6 Å². The molecule has 0 spiro atoms. The molecule has 7 nitrogen and oxygen atoms in total. The topological polar surface area (TPSA) is 98.3 Å². The molecule has 110 valence electrons. The third kappa shape index (κ3) is 1.99. The summed E-state index contributed by atoms with van der Waals surface area (Å²) < 4.78 is 1.13. The molecule has 0 radical (unpaired) electrons. The SMILES string of the molecule is Cc1ccc(-n2c(=O)c([N+](=O)[O-])c(O)c3cccnc32)cc1. The second kappa shape index (κ2) is 4.96. The number of pyridine rings is 2. The van der Waals surface area contributed by atoms with Gasteiger partial charge in [-0.15, -0.1) is 0 Å². The first-order valence-corrected chi connectivity index (χ1v) is 6.45. The van der Waals surface area contributed by atoms with Crippen LogP contribution in [0.25, 0.3) is 16.7 Å². The number of benzene rings is 1. The van der Waals surface area contributed by atoms with Gasteiger partial charge in [0.25, 0.3) is 0 Å². The van der Waals surface area contributed by atoms with Crippen LogP contribution in [0.1, 0.15) is 5.56 Å².